The molecule has 5 heteroatoms. The van der Waals surface area contributed by atoms with Gasteiger partial charge in [0.1, 0.15) is 0 Å². The van der Waals surface area contributed by atoms with E-state index in [-0.39, 0.29) is 6.03 Å². The van der Waals surface area contributed by atoms with Crippen molar-refractivity contribution in [1.29, 1.82) is 0 Å². The number of hydrogen-bond donors (Lipinski definition) is 0. The lowest BCUT2D eigenvalue weighted by atomic mass is 10.2. The van der Waals surface area contributed by atoms with Gasteiger partial charge in [0, 0.05) is 25.0 Å². The van der Waals surface area contributed by atoms with Gasteiger partial charge in [-0.2, -0.15) is 0 Å². The largest absolute Gasteiger partial charge is 0.325 e. The highest BCUT2D eigenvalue weighted by atomic mass is 32.1. The second kappa shape index (κ2) is 6.18. The van der Waals surface area contributed by atoms with E-state index in [0.29, 0.717) is 6.54 Å². The number of carbonyl (C=O) groups excluding carboxylic acids is 1. The highest BCUT2D eigenvalue weighted by Gasteiger charge is 2.19. The van der Waals surface area contributed by atoms with Crippen molar-refractivity contribution in [2.24, 2.45) is 0 Å². The third-order valence-electron chi connectivity index (χ3n) is 3.43. The Morgan fingerprint density at radius 1 is 1.39 bits per heavy atom. The van der Waals surface area contributed by atoms with Crippen molar-refractivity contribution in [3.63, 3.8) is 0 Å². The Morgan fingerprint density at radius 3 is 2.61 bits per heavy atom. The summed E-state index contributed by atoms with van der Waals surface area (Å²) >= 11 is 1.62. The van der Waals surface area contributed by atoms with E-state index in [4.69, 9.17) is 0 Å². The summed E-state index contributed by atoms with van der Waals surface area (Å²) in [7, 11) is 1.88. The average molecular weight is 267 g/mol. The van der Waals surface area contributed by atoms with Gasteiger partial charge in [-0.3, -0.25) is 0 Å². The van der Waals surface area contributed by atoms with Crippen molar-refractivity contribution in [3.8, 4) is 0 Å². The molecule has 4 nitrogen and oxygen atoms in total. The fraction of sp³-hybridized carbons (Fsp3) is 0.692. The molecule has 1 aliphatic rings. The molecule has 0 aliphatic carbocycles. The summed E-state index contributed by atoms with van der Waals surface area (Å²) in [4.78, 5) is 21.5. The Hall–Kier alpha value is -1.10. The van der Waals surface area contributed by atoms with Crippen molar-refractivity contribution < 1.29 is 4.79 Å². The molecule has 0 saturated carbocycles. The Labute approximate surface area is 113 Å². The van der Waals surface area contributed by atoms with Gasteiger partial charge in [0.2, 0.25) is 0 Å². The number of hydrogen-bond acceptors (Lipinski definition) is 3. The topological polar surface area (TPSA) is 36.4 Å². The Kier molecular flexibility index (Phi) is 4.58. The molecule has 0 atom stereocenters. The standard InChI is InChI=1S/C13H21N3OS/c1-11-12(18-10-14-11)9-15(2)13(17)16-7-5-3-4-6-8-16/h10H,3-9H2,1-2H3. The first kappa shape index (κ1) is 13.3. The van der Waals surface area contributed by atoms with Crippen molar-refractivity contribution in [2.45, 2.75) is 39.2 Å². The van der Waals surface area contributed by atoms with Crippen LogP contribution in [0.25, 0.3) is 0 Å². The minimum atomic E-state index is 0.157. The number of thiazole rings is 1. The van der Waals surface area contributed by atoms with Gasteiger partial charge in [0.25, 0.3) is 0 Å². The number of aromatic nitrogens is 1. The predicted octanol–water partition coefficient (Wildman–Crippen LogP) is 2.88. The van der Waals surface area contributed by atoms with E-state index in [1.165, 1.54) is 17.7 Å². The van der Waals surface area contributed by atoms with E-state index in [2.05, 4.69) is 4.98 Å². The summed E-state index contributed by atoms with van der Waals surface area (Å²) < 4.78 is 0. The van der Waals surface area contributed by atoms with Crippen molar-refractivity contribution in [3.05, 3.63) is 16.1 Å². The molecule has 0 radical (unpaired) electrons. The molecule has 2 heterocycles. The Balaban J connectivity index is 1.93. The fourth-order valence-corrected chi connectivity index (χ4v) is 3.09. The number of amides is 2. The number of rotatable bonds is 2. The summed E-state index contributed by atoms with van der Waals surface area (Å²) in [6.07, 6.45) is 4.78. The molecule has 1 fully saturated rings. The van der Waals surface area contributed by atoms with E-state index in [1.54, 1.807) is 11.3 Å². The van der Waals surface area contributed by atoms with Crippen LogP contribution in [0, 0.1) is 6.92 Å². The maximum absolute atomic E-state index is 12.3. The lowest BCUT2D eigenvalue weighted by Gasteiger charge is -2.26. The normalized spacial score (nSPS) is 16.4. The lowest BCUT2D eigenvalue weighted by Crippen LogP contribution is -2.41. The molecule has 1 aromatic rings. The van der Waals surface area contributed by atoms with E-state index < -0.39 is 0 Å². The van der Waals surface area contributed by atoms with E-state index >= 15 is 0 Å². The molecule has 100 valence electrons. The summed E-state index contributed by atoms with van der Waals surface area (Å²) in [5.41, 5.74) is 2.88. The van der Waals surface area contributed by atoms with Gasteiger partial charge in [0.15, 0.2) is 0 Å². The Bertz CT molecular complexity index is 397. The molecule has 2 rings (SSSR count). The Morgan fingerprint density at radius 2 is 2.06 bits per heavy atom. The third kappa shape index (κ3) is 3.22. The van der Waals surface area contributed by atoms with E-state index in [1.807, 2.05) is 29.3 Å². The maximum Gasteiger partial charge on any atom is 0.320 e. The van der Waals surface area contributed by atoms with Crippen molar-refractivity contribution in [2.75, 3.05) is 20.1 Å². The molecule has 2 amide bonds. The molecule has 1 saturated heterocycles. The summed E-state index contributed by atoms with van der Waals surface area (Å²) in [6.45, 7) is 4.48. The first-order valence-electron chi connectivity index (χ1n) is 6.57. The number of carbonyl (C=O) groups is 1. The van der Waals surface area contributed by atoms with E-state index in [9.17, 15) is 4.79 Å². The molecular weight excluding hydrogens is 246 g/mol. The number of aryl methyl sites for hydroxylation is 1. The molecule has 0 N–H and O–H groups in total. The molecule has 0 bridgehead atoms. The first-order valence-corrected chi connectivity index (χ1v) is 7.45. The van der Waals surface area contributed by atoms with Gasteiger partial charge < -0.3 is 9.80 Å². The van der Waals surface area contributed by atoms with Crippen molar-refractivity contribution >= 4 is 17.4 Å². The van der Waals surface area contributed by atoms with Crippen LogP contribution in [0.5, 0.6) is 0 Å². The average Bonchev–Trinajstić information content (AvgIpc) is 2.63. The molecular formula is C13H21N3OS. The molecule has 1 aromatic heterocycles. The molecule has 1 aliphatic heterocycles. The lowest BCUT2D eigenvalue weighted by molar-refractivity contribution is 0.162. The number of urea groups is 1. The second-order valence-corrected chi connectivity index (χ2v) is 5.84. The minimum Gasteiger partial charge on any atom is -0.325 e. The quantitative estimate of drug-likeness (QED) is 0.826. The second-order valence-electron chi connectivity index (χ2n) is 4.90. The van der Waals surface area contributed by atoms with Gasteiger partial charge in [-0.15, -0.1) is 11.3 Å². The van der Waals surface area contributed by atoms with Gasteiger partial charge in [-0.25, -0.2) is 9.78 Å². The van der Waals surface area contributed by atoms with Gasteiger partial charge in [-0.05, 0) is 19.8 Å². The van der Waals surface area contributed by atoms with Crippen LogP contribution in [0.15, 0.2) is 5.51 Å². The van der Waals surface area contributed by atoms with Crippen LogP contribution in [0.1, 0.15) is 36.3 Å². The van der Waals surface area contributed by atoms with Crippen molar-refractivity contribution in [1.82, 2.24) is 14.8 Å². The van der Waals surface area contributed by atoms with Crippen LogP contribution >= 0.6 is 11.3 Å². The van der Waals surface area contributed by atoms with Crippen LogP contribution in [0.2, 0.25) is 0 Å². The molecule has 0 unspecified atom stereocenters. The van der Waals surface area contributed by atoms with Crippen LogP contribution in [0.4, 0.5) is 4.79 Å². The summed E-state index contributed by atoms with van der Waals surface area (Å²) in [6, 6.07) is 0.157. The van der Waals surface area contributed by atoms with Crippen LogP contribution in [0.3, 0.4) is 0 Å². The molecule has 0 spiro atoms. The highest BCUT2D eigenvalue weighted by Crippen LogP contribution is 2.16. The third-order valence-corrected chi connectivity index (χ3v) is 4.35. The molecule has 0 aromatic carbocycles. The minimum absolute atomic E-state index is 0.157. The monoisotopic (exact) mass is 267 g/mol. The zero-order valence-corrected chi connectivity index (χ0v) is 12.0. The number of likely N-dealkylation sites (tertiary alicyclic amines) is 1. The summed E-state index contributed by atoms with van der Waals surface area (Å²) in [5.74, 6) is 0. The van der Waals surface area contributed by atoms with Crippen LogP contribution < -0.4 is 0 Å². The first-order chi connectivity index (χ1) is 8.68. The summed E-state index contributed by atoms with van der Waals surface area (Å²) in [5, 5.41) is 0. The van der Waals surface area contributed by atoms with Gasteiger partial charge in [0.05, 0.1) is 17.7 Å². The van der Waals surface area contributed by atoms with Crippen LogP contribution in [-0.4, -0.2) is 41.0 Å². The smallest absolute Gasteiger partial charge is 0.320 e. The van der Waals surface area contributed by atoms with E-state index in [0.717, 1.165) is 31.6 Å². The number of nitrogens with zero attached hydrogens (tertiary/aromatic N) is 3. The SMILES string of the molecule is Cc1ncsc1CN(C)C(=O)N1CCCCCC1. The highest BCUT2D eigenvalue weighted by molar-refractivity contribution is 7.09. The maximum atomic E-state index is 12.3. The zero-order chi connectivity index (χ0) is 13.0. The van der Waals surface area contributed by atoms with Gasteiger partial charge >= 0.3 is 6.03 Å². The van der Waals surface area contributed by atoms with Gasteiger partial charge in [-0.1, -0.05) is 12.8 Å². The van der Waals surface area contributed by atoms with Crippen LogP contribution in [-0.2, 0) is 6.54 Å². The predicted molar refractivity (Wildman–Crippen MR) is 73.8 cm³/mol. The zero-order valence-electron chi connectivity index (χ0n) is 11.2. The molecule has 18 heavy (non-hydrogen) atoms. The fourth-order valence-electron chi connectivity index (χ4n) is 2.26.